The van der Waals surface area contributed by atoms with Crippen LogP contribution in [-0.4, -0.2) is 37.0 Å². The molecule has 0 aliphatic carbocycles. The Labute approximate surface area is 102 Å². The Hall–Kier alpha value is -1.79. The summed E-state index contributed by atoms with van der Waals surface area (Å²) in [5.74, 6) is 5.46. The fourth-order valence-corrected chi connectivity index (χ4v) is 1.87. The molecule has 1 amide bonds. The van der Waals surface area contributed by atoms with Crippen LogP contribution in [0.2, 0.25) is 0 Å². The second-order valence-corrected chi connectivity index (χ2v) is 4.18. The van der Waals surface area contributed by atoms with Gasteiger partial charge in [0.2, 0.25) is 0 Å². The van der Waals surface area contributed by atoms with Crippen LogP contribution in [0.1, 0.15) is 12.0 Å². The fraction of sp³-hybridized carbons (Fsp3) is 0.357. The summed E-state index contributed by atoms with van der Waals surface area (Å²) in [4.78, 5) is 13.6. The van der Waals surface area contributed by atoms with Crippen molar-refractivity contribution in [1.82, 2.24) is 10.2 Å². The van der Waals surface area contributed by atoms with E-state index in [1.807, 2.05) is 37.4 Å². The average Bonchev–Trinajstić information content (AvgIpc) is 2.90. The molecular weight excluding hydrogens is 212 g/mol. The van der Waals surface area contributed by atoms with Crippen molar-refractivity contribution in [2.45, 2.75) is 12.5 Å². The zero-order valence-corrected chi connectivity index (χ0v) is 9.94. The third-order valence-electron chi connectivity index (χ3n) is 2.99. The van der Waals surface area contributed by atoms with E-state index in [-0.39, 0.29) is 11.9 Å². The zero-order chi connectivity index (χ0) is 12.1. The topological polar surface area (TPSA) is 32.3 Å². The van der Waals surface area contributed by atoms with Crippen molar-refractivity contribution in [3.63, 3.8) is 0 Å². The lowest BCUT2D eigenvalue weighted by Crippen LogP contribution is -2.37. The van der Waals surface area contributed by atoms with Crippen molar-refractivity contribution in [1.29, 1.82) is 0 Å². The van der Waals surface area contributed by atoms with Gasteiger partial charge in [-0.25, -0.2) is 0 Å². The van der Waals surface area contributed by atoms with Crippen LogP contribution < -0.4 is 5.32 Å². The molecule has 3 heteroatoms. The molecule has 2 rings (SSSR count). The molecule has 3 nitrogen and oxygen atoms in total. The number of carbonyl (C=O) groups is 1. The number of benzene rings is 1. The second kappa shape index (κ2) is 5.51. The first kappa shape index (κ1) is 11.7. The Morgan fingerprint density at radius 2 is 2.18 bits per heavy atom. The summed E-state index contributed by atoms with van der Waals surface area (Å²) in [6, 6.07) is 9.85. The Bertz CT molecular complexity index is 438. The highest BCUT2D eigenvalue weighted by Crippen LogP contribution is 2.05. The van der Waals surface area contributed by atoms with Crippen molar-refractivity contribution < 1.29 is 4.79 Å². The molecule has 17 heavy (non-hydrogen) atoms. The molecule has 0 saturated carbocycles. The maximum atomic E-state index is 11.8. The summed E-state index contributed by atoms with van der Waals surface area (Å²) in [7, 11) is 1.82. The van der Waals surface area contributed by atoms with E-state index in [9.17, 15) is 4.79 Å². The monoisotopic (exact) mass is 228 g/mol. The molecule has 0 radical (unpaired) electrons. The highest BCUT2D eigenvalue weighted by atomic mass is 16.2. The number of nitrogens with one attached hydrogen (secondary N) is 1. The lowest BCUT2D eigenvalue weighted by atomic mass is 10.2. The average molecular weight is 228 g/mol. The van der Waals surface area contributed by atoms with Gasteiger partial charge in [-0.2, -0.15) is 0 Å². The second-order valence-electron chi connectivity index (χ2n) is 4.18. The van der Waals surface area contributed by atoms with E-state index in [1.54, 1.807) is 4.90 Å². The smallest absolute Gasteiger partial charge is 0.298 e. The summed E-state index contributed by atoms with van der Waals surface area (Å²) in [6.07, 6.45) is 1.01. The number of hydrogen-bond donors (Lipinski definition) is 1. The third-order valence-corrected chi connectivity index (χ3v) is 2.99. The molecule has 1 heterocycles. The first-order chi connectivity index (χ1) is 8.27. The van der Waals surface area contributed by atoms with Crippen molar-refractivity contribution in [2.24, 2.45) is 0 Å². The van der Waals surface area contributed by atoms with Crippen molar-refractivity contribution in [2.75, 3.05) is 20.1 Å². The van der Waals surface area contributed by atoms with Crippen LogP contribution in [-0.2, 0) is 4.79 Å². The minimum Gasteiger partial charge on any atom is -0.331 e. The fourth-order valence-electron chi connectivity index (χ4n) is 1.87. The molecule has 1 aromatic rings. The van der Waals surface area contributed by atoms with Gasteiger partial charge < -0.3 is 10.2 Å². The van der Waals surface area contributed by atoms with Crippen LogP contribution in [0.3, 0.4) is 0 Å². The Kier molecular flexibility index (Phi) is 3.79. The van der Waals surface area contributed by atoms with Gasteiger partial charge in [-0.15, -0.1) is 0 Å². The third kappa shape index (κ3) is 3.08. The van der Waals surface area contributed by atoms with E-state index >= 15 is 0 Å². The number of likely N-dealkylation sites (N-methyl/N-ethyl adjacent to an activating group) is 1. The molecule has 1 atom stereocenters. The summed E-state index contributed by atoms with van der Waals surface area (Å²) in [5, 5.41) is 3.24. The number of rotatable bonds is 1. The summed E-state index contributed by atoms with van der Waals surface area (Å²) >= 11 is 0. The first-order valence-corrected chi connectivity index (χ1v) is 5.82. The van der Waals surface area contributed by atoms with Crippen LogP contribution in [0.5, 0.6) is 0 Å². The molecule has 1 unspecified atom stereocenters. The molecule has 1 aromatic carbocycles. The summed E-state index contributed by atoms with van der Waals surface area (Å²) in [6.45, 7) is 1.85. The van der Waals surface area contributed by atoms with Crippen molar-refractivity contribution in [3.8, 4) is 11.8 Å². The SMILES string of the molecule is CN(C(=O)C#Cc1ccccc1)C1CCNC1. The highest BCUT2D eigenvalue weighted by molar-refractivity contribution is 5.94. The minimum absolute atomic E-state index is 0.109. The molecule has 1 aliphatic rings. The number of amides is 1. The normalized spacial score (nSPS) is 18.3. The van der Waals surface area contributed by atoms with E-state index in [0.717, 1.165) is 25.1 Å². The zero-order valence-electron chi connectivity index (χ0n) is 9.94. The predicted octanol–water partition coefficient (Wildman–Crippen LogP) is 0.858. The molecule has 1 N–H and O–H groups in total. The number of nitrogens with zero attached hydrogens (tertiary/aromatic N) is 1. The first-order valence-electron chi connectivity index (χ1n) is 5.82. The van der Waals surface area contributed by atoms with E-state index in [1.165, 1.54) is 0 Å². The lowest BCUT2D eigenvalue weighted by molar-refractivity contribution is -0.125. The predicted molar refractivity (Wildman–Crippen MR) is 67.4 cm³/mol. The molecule has 1 aliphatic heterocycles. The van der Waals surface area contributed by atoms with Gasteiger partial charge in [0.1, 0.15) is 0 Å². The maximum Gasteiger partial charge on any atom is 0.298 e. The van der Waals surface area contributed by atoms with Gasteiger partial charge in [-0.05, 0) is 25.1 Å². The van der Waals surface area contributed by atoms with Gasteiger partial charge in [0, 0.05) is 31.1 Å². The largest absolute Gasteiger partial charge is 0.331 e. The summed E-state index contributed by atoms with van der Waals surface area (Å²) < 4.78 is 0. The Morgan fingerprint density at radius 1 is 1.41 bits per heavy atom. The molecule has 1 fully saturated rings. The molecule has 88 valence electrons. The van der Waals surface area contributed by atoms with E-state index in [4.69, 9.17) is 0 Å². The van der Waals surface area contributed by atoms with Gasteiger partial charge in [0.15, 0.2) is 0 Å². The van der Waals surface area contributed by atoms with E-state index < -0.39 is 0 Å². The summed E-state index contributed by atoms with van der Waals surface area (Å²) in [5.41, 5.74) is 0.874. The maximum absolute atomic E-state index is 11.8. The van der Waals surface area contributed by atoms with Gasteiger partial charge in [-0.1, -0.05) is 24.1 Å². The molecular formula is C14H16N2O. The van der Waals surface area contributed by atoms with Gasteiger partial charge in [0.05, 0.1) is 0 Å². The van der Waals surface area contributed by atoms with Gasteiger partial charge in [0.25, 0.3) is 5.91 Å². The molecule has 0 spiro atoms. The Balaban J connectivity index is 1.99. The van der Waals surface area contributed by atoms with Crippen LogP contribution in [0.15, 0.2) is 30.3 Å². The van der Waals surface area contributed by atoms with Crippen LogP contribution >= 0.6 is 0 Å². The van der Waals surface area contributed by atoms with Crippen molar-refractivity contribution in [3.05, 3.63) is 35.9 Å². The standard InChI is InChI=1S/C14H16N2O/c1-16(13-9-10-15-11-13)14(17)8-7-12-5-3-2-4-6-12/h2-6,13,15H,9-11H2,1H3. The van der Waals surface area contributed by atoms with Crippen LogP contribution in [0, 0.1) is 11.8 Å². The van der Waals surface area contributed by atoms with Crippen LogP contribution in [0.25, 0.3) is 0 Å². The van der Waals surface area contributed by atoms with Crippen molar-refractivity contribution >= 4 is 5.91 Å². The quantitative estimate of drug-likeness (QED) is 0.723. The Morgan fingerprint density at radius 3 is 2.82 bits per heavy atom. The van der Waals surface area contributed by atoms with Gasteiger partial charge in [-0.3, -0.25) is 4.79 Å². The molecule has 0 aromatic heterocycles. The number of carbonyl (C=O) groups excluding carboxylic acids is 1. The van der Waals surface area contributed by atoms with E-state index in [2.05, 4.69) is 17.2 Å². The minimum atomic E-state index is -0.109. The van der Waals surface area contributed by atoms with Gasteiger partial charge >= 0.3 is 0 Å². The van der Waals surface area contributed by atoms with E-state index in [0.29, 0.717) is 0 Å². The lowest BCUT2D eigenvalue weighted by Gasteiger charge is -2.20. The van der Waals surface area contributed by atoms with Crippen LogP contribution in [0.4, 0.5) is 0 Å². The highest BCUT2D eigenvalue weighted by Gasteiger charge is 2.21. The molecule has 1 saturated heterocycles. The number of hydrogen-bond acceptors (Lipinski definition) is 2. The molecule has 0 bridgehead atoms.